The molecule has 3 heterocycles. The topological polar surface area (TPSA) is 131 Å². The molecule has 10 nitrogen and oxygen atoms in total. The van der Waals surface area contributed by atoms with Crippen LogP contribution in [0.1, 0.15) is 61.9 Å². The van der Waals surface area contributed by atoms with E-state index in [1.807, 2.05) is 19.1 Å². The van der Waals surface area contributed by atoms with Crippen LogP contribution >= 0.6 is 0 Å². The van der Waals surface area contributed by atoms with Gasteiger partial charge in [-0.3, -0.25) is 14.4 Å². The number of benzene rings is 1. The van der Waals surface area contributed by atoms with Crippen molar-refractivity contribution in [2.75, 3.05) is 13.1 Å². The molecule has 198 valence electrons. The number of Topliss-reactive ketones (excluding diaryl/α,β-unsaturated/α-hetero) is 1. The minimum absolute atomic E-state index is 0.196. The first-order valence-corrected chi connectivity index (χ1v) is 13.9. The third-order valence-electron chi connectivity index (χ3n) is 7.04. The second-order valence-electron chi connectivity index (χ2n) is 9.84. The van der Waals surface area contributed by atoms with Crippen LogP contribution in [-0.2, 0) is 19.6 Å². The summed E-state index contributed by atoms with van der Waals surface area (Å²) < 4.78 is 27.9. The van der Waals surface area contributed by atoms with Crippen LogP contribution < -0.4 is 10.0 Å². The number of nitrogens with one attached hydrogen (secondary N) is 1. The van der Waals surface area contributed by atoms with E-state index in [1.165, 1.54) is 23.2 Å². The number of amides is 2. The molecule has 37 heavy (non-hydrogen) atoms. The molecule has 0 aliphatic carbocycles. The maximum Gasteiger partial charge on any atom is 0.251 e. The zero-order chi connectivity index (χ0) is 26.9. The van der Waals surface area contributed by atoms with E-state index in [9.17, 15) is 28.0 Å². The summed E-state index contributed by atoms with van der Waals surface area (Å²) >= 11 is 0. The Hall–Kier alpha value is -3.31. The second kappa shape index (κ2) is 10.6. The predicted molar refractivity (Wildman–Crippen MR) is 135 cm³/mol. The van der Waals surface area contributed by atoms with Crippen LogP contribution in [0, 0.1) is 5.21 Å². The van der Waals surface area contributed by atoms with Gasteiger partial charge in [0.05, 0.1) is 12.6 Å². The van der Waals surface area contributed by atoms with Gasteiger partial charge in [0.2, 0.25) is 15.9 Å². The molecule has 0 radical (unpaired) electrons. The average molecular weight is 529 g/mol. The smallest absolute Gasteiger partial charge is 0.251 e. The van der Waals surface area contributed by atoms with Gasteiger partial charge in [-0.25, -0.2) is 8.42 Å². The number of hydrogen-bond donors (Lipinski definition) is 1. The van der Waals surface area contributed by atoms with Gasteiger partial charge in [-0.1, -0.05) is 39.3 Å². The molecule has 1 N–H and O–H groups in total. The SMILES string of the molecule is CCCC(NC(=O)c1ccc(C(C)C)cc1)C(=O)N1CCC2C1C(=O)CN2S(=O)(=O)c1ccc[n+]([O-])c1. The Kier molecular flexibility index (Phi) is 7.65. The molecule has 0 bridgehead atoms. The van der Waals surface area contributed by atoms with Gasteiger partial charge < -0.3 is 15.4 Å². The lowest BCUT2D eigenvalue weighted by Crippen LogP contribution is -2.52. The highest BCUT2D eigenvalue weighted by atomic mass is 32.2. The zero-order valence-electron chi connectivity index (χ0n) is 21.2. The van der Waals surface area contributed by atoms with Gasteiger partial charge in [-0.05, 0) is 42.5 Å². The molecule has 2 aromatic rings. The van der Waals surface area contributed by atoms with Gasteiger partial charge in [0.25, 0.3) is 5.91 Å². The Morgan fingerprint density at radius 2 is 1.89 bits per heavy atom. The fraction of sp³-hybridized carbons (Fsp3) is 0.462. The number of carbonyl (C=O) groups is 3. The van der Waals surface area contributed by atoms with E-state index >= 15 is 0 Å². The van der Waals surface area contributed by atoms with E-state index < -0.39 is 34.1 Å². The van der Waals surface area contributed by atoms with Gasteiger partial charge >= 0.3 is 0 Å². The number of nitrogens with zero attached hydrogens (tertiary/aromatic N) is 3. The van der Waals surface area contributed by atoms with E-state index in [0.717, 1.165) is 16.1 Å². The molecular formula is C26H32N4O6S. The van der Waals surface area contributed by atoms with Gasteiger partial charge in [-0.2, -0.15) is 9.04 Å². The minimum atomic E-state index is -4.11. The van der Waals surface area contributed by atoms with Crippen LogP contribution in [0.2, 0.25) is 0 Å². The Labute approximate surface area is 216 Å². The van der Waals surface area contributed by atoms with Crippen LogP contribution in [-0.4, -0.2) is 66.4 Å². The van der Waals surface area contributed by atoms with Gasteiger partial charge in [0, 0.05) is 18.2 Å². The standard InChI is InChI=1S/C26H32N4O6S/c1-4-6-21(27-25(32)19-10-8-18(9-11-19)17(2)3)26(33)29-14-12-22-24(29)23(31)16-30(22)37(35,36)20-7-5-13-28(34)15-20/h5,7-11,13,15,17,21-22,24H,4,6,12,14,16H2,1-3H3,(H,27,32). The normalized spacial score (nSPS) is 20.8. The number of rotatable bonds is 8. The number of sulfonamides is 1. The first-order valence-electron chi connectivity index (χ1n) is 12.5. The van der Waals surface area contributed by atoms with Crippen molar-refractivity contribution in [2.45, 2.75) is 69.0 Å². The van der Waals surface area contributed by atoms with E-state index in [1.54, 1.807) is 12.1 Å². The Bertz CT molecular complexity index is 1290. The molecule has 2 aliphatic rings. The number of fused-ring (bicyclic) bond motifs is 1. The van der Waals surface area contributed by atoms with Gasteiger partial charge in [0.1, 0.15) is 17.0 Å². The summed E-state index contributed by atoms with van der Waals surface area (Å²) in [5, 5.41) is 14.5. The summed E-state index contributed by atoms with van der Waals surface area (Å²) in [7, 11) is -4.11. The van der Waals surface area contributed by atoms with Crippen molar-refractivity contribution in [1.29, 1.82) is 0 Å². The van der Waals surface area contributed by atoms with Crippen LogP contribution in [0.15, 0.2) is 53.7 Å². The second-order valence-corrected chi connectivity index (χ2v) is 11.7. The van der Waals surface area contributed by atoms with Crippen molar-refractivity contribution < 1.29 is 27.5 Å². The predicted octanol–water partition coefficient (Wildman–Crippen LogP) is 1.59. The first-order chi connectivity index (χ1) is 17.5. The Morgan fingerprint density at radius 3 is 2.51 bits per heavy atom. The molecule has 0 saturated carbocycles. The molecule has 1 aromatic heterocycles. The minimum Gasteiger partial charge on any atom is -0.619 e. The van der Waals surface area contributed by atoms with Crippen molar-refractivity contribution in [3.8, 4) is 0 Å². The largest absolute Gasteiger partial charge is 0.619 e. The number of carbonyl (C=O) groups excluding carboxylic acids is 3. The fourth-order valence-electron chi connectivity index (χ4n) is 5.07. The number of hydrogen-bond acceptors (Lipinski definition) is 6. The van der Waals surface area contributed by atoms with E-state index in [2.05, 4.69) is 19.2 Å². The van der Waals surface area contributed by atoms with Crippen molar-refractivity contribution in [2.24, 2.45) is 0 Å². The fourth-order valence-corrected chi connectivity index (χ4v) is 6.70. The van der Waals surface area contributed by atoms with Crippen molar-refractivity contribution in [3.63, 3.8) is 0 Å². The average Bonchev–Trinajstić information content (AvgIpc) is 3.45. The third kappa shape index (κ3) is 5.24. The van der Waals surface area contributed by atoms with E-state index in [4.69, 9.17) is 0 Å². The van der Waals surface area contributed by atoms with Gasteiger partial charge in [-0.15, -0.1) is 0 Å². The molecule has 4 rings (SSSR count). The lowest BCUT2D eigenvalue weighted by Gasteiger charge is -2.28. The quantitative estimate of drug-likeness (QED) is 0.409. The molecule has 2 fully saturated rings. The molecule has 11 heteroatoms. The van der Waals surface area contributed by atoms with Crippen LogP contribution in [0.5, 0.6) is 0 Å². The summed E-state index contributed by atoms with van der Waals surface area (Å²) in [5.41, 5.74) is 1.53. The lowest BCUT2D eigenvalue weighted by atomic mass is 10.0. The summed E-state index contributed by atoms with van der Waals surface area (Å²) in [6.07, 6.45) is 3.42. The third-order valence-corrected chi connectivity index (χ3v) is 8.89. The van der Waals surface area contributed by atoms with Crippen LogP contribution in [0.25, 0.3) is 0 Å². The molecular weight excluding hydrogens is 496 g/mol. The molecule has 2 aliphatic heterocycles. The number of ketones is 1. The highest BCUT2D eigenvalue weighted by molar-refractivity contribution is 7.89. The number of likely N-dealkylation sites (tertiary alicyclic amines) is 1. The van der Waals surface area contributed by atoms with E-state index in [-0.39, 0.29) is 36.1 Å². The van der Waals surface area contributed by atoms with Crippen molar-refractivity contribution >= 4 is 27.6 Å². The maximum absolute atomic E-state index is 13.6. The lowest BCUT2D eigenvalue weighted by molar-refractivity contribution is -0.607. The highest BCUT2D eigenvalue weighted by Gasteiger charge is 2.54. The summed E-state index contributed by atoms with van der Waals surface area (Å²) in [6.45, 7) is 5.84. The summed E-state index contributed by atoms with van der Waals surface area (Å²) in [5.74, 6) is -0.831. The number of aromatic nitrogens is 1. The molecule has 2 amide bonds. The summed E-state index contributed by atoms with van der Waals surface area (Å²) in [6, 6.07) is 7.37. The Balaban J connectivity index is 1.51. The molecule has 3 atom stereocenters. The monoisotopic (exact) mass is 528 g/mol. The maximum atomic E-state index is 13.6. The van der Waals surface area contributed by atoms with Crippen molar-refractivity contribution in [1.82, 2.24) is 14.5 Å². The number of pyridine rings is 1. The molecule has 0 spiro atoms. The zero-order valence-corrected chi connectivity index (χ0v) is 22.0. The van der Waals surface area contributed by atoms with Crippen molar-refractivity contribution in [3.05, 3.63) is 65.1 Å². The first kappa shape index (κ1) is 26.7. The molecule has 3 unspecified atom stereocenters. The van der Waals surface area contributed by atoms with E-state index in [0.29, 0.717) is 29.1 Å². The molecule has 2 saturated heterocycles. The highest BCUT2D eigenvalue weighted by Crippen LogP contribution is 2.34. The van der Waals surface area contributed by atoms with Gasteiger partial charge in [0.15, 0.2) is 18.2 Å². The summed E-state index contributed by atoms with van der Waals surface area (Å²) in [4.78, 5) is 40.7. The Morgan fingerprint density at radius 1 is 1.19 bits per heavy atom. The van der Waals surface area contributed by atoms with Crippen LogP contribution in [0.3, 0.4) is 0 Å². The molecule has 1 aromatic carbocycles. The van der Waals surface area contributed by atoms with Crippen LogP contribution in [0.4, 0.5) is 0 Å².